The minimum atomic E-state index is 0.162. The topological polar surface area (TPSA) is 35.5 Å². The van der Waals surface area contributed by atoms with E-state index in [1.807, 2.05) is 0 Å². The fraction of sp³-hybridized carbons (Fsp3) is 0.833. The van der Waals surface area contributed by atoms with Crippen LogP contribution in [0.4, 0.5) is 0 Å². The van der Waals surface area contributed by atoms with E-state index in [9.17, 15) is 4.79 Å². The standard InChI is InChI=1S/C6H10O3/c7-5-8-4-6-2-1-3-9-6/h5-6H,1-4H2/t6-/m0/s1. The summed E-state index contributed by atoms with van der Waals surface area (Å²) in [6.07, 6.45) is 2.27. The molecule has 0 unspecified atom stereocenters. The first-order chi connectivity index (χ1) is 4.43. The molecule has 0 spiro atoms. The predicted octanol–water partition coefficient (Wildman–Crippen LogP) is 0.338. The molecule has 0 saturated carbocycles. The molecule has 1 saturated heterocycles. The van der Waals surface area contributed by atoms with Crippen molar-refractivity contribution in [1.29, 1.82) is 0 Å². The summed E-state index contributed by atoms with van der Waals surface area (Å²) in [6, 6.07) is 0. The smallest absolute Gasteiger partial charge is 0.293 e. The summed E-state index contributed by atoms with van der Waals surface area (Å²) in [5.74, 6) is 0. The molecule has 0 amide bonds. The van der Waals surface area contributed by atoms with Crippen LogP contribution in [-0.4, -0.2) is 25.8 Å². The molecule has 1 heterocycles. The Morgan fingerprint density at radius 3 is 3.22 bits per heavy atom. The first-order valence-electron chi connectivity index (χ1n) is 3.10. The number of hydrogen-bond acceptors (Lipinski definition) is 3. The van der Waals surface area contributed by atoms with Crippen LogP contribution >= 0.6 is 0 Å². The van der Waals surface area contributed by atoms with Crippen LogP contribution in [0, 0.1) is 0 Å². The van der Waals surface area contributed by atoms with Gasteiger partial charge in [0.2, 0.25) is 0 Å². The maximum absolute atomic E-state index is 9.68. The fourth-order valence-corrected chi connectivity index (χ4v) is 0.922. The van der Waals surface area contributed by atoms with E-state index in [2.05, 4.69) is 4.74 Å². The highest BCUT2D eigenvalue weighted by atomic mass is 16.6. The lowest BCUT2D eigenvalue weighted by Crippen LogP contribution is -2.12. The Labute approximate surface area is 53.9 Å². The Morgan fingerprint density at radius 1 is 1.78 bits per heavy atom. The highest BCUT2D eigenvalue weighted by Crippen LogP contribution is 2.11. The van der Waals surface area contributed by atoms with Crippen molar-refractivity contribution >= 4 is 6.47 Å². The van der Waals surface area contributed by atoms with Crippen molar-refractivity contribution in [1.82, 2.24) is 0 Å². The second kappa shape index (κ2) is 3.45. The van der Waals surface area contributed by atoms with Crippen LogP contribution in [0.2, 0.25) is 0 Å². The van der Waals surface area contributed by atoms with Gasteiger partial charge in [-0.1, -0.05) is 0 Å². The number of hydrogen-bond donors (Lipinski definition) is 0. The lowest BCUT2D eigenvalue weighted by molar-refractivity contribution is -0.131. The minimum absolute atomic E-state index is 0.162. The third kappa shape index (κ3) is 2.01. The molecule has 3 heteroatoms. The zero-order chi connectivity index (χ0) is 6.53. The summed E-state index contributed by atoms with van der Waals surface area (Å²) in [4.78, 5) is 9.68. The zero-order valence-corrected chi connectivity index (χ0v) is 5.21. The maximum Gasteiger partial charge on any atom is 0.293 e. The lowest BCUT2D eigenvalue weighted by atomic mass is 10.2. The molecule has 9 heavy (non-hydrogen) atoms. The predicted molar refractivity (Wildman–Crippen MR) is 31.0 cm³/mol. The highest BCUT2D eigenvalue weighted by molar-refractivity contribution is 5.36. The fourth-order valence-electron chi connectivity index (χ4n) is 0.922. The Morgan fingerprint density at radius 2 is 2.67 bits per heavy atom. The van der Waals surface area contributed by atoms with Gasteiger partial charge in [0, 0.05) is 6.61 Å². The molecular weight excluding hydrogens is 120 g/mol. The third-order valence-corrected chi connectivity index (χ3v) is 1.37. The molecule has 0 aromatic heterocycles. The van der Waals surface area contributed by atoms with E-state index in [1.165, 1.54) is 0 Å². The summed E-state index contributed by atoms with van der Waals surface area (Å²) in [7, 11) is 0. The largest absolute Gasteiger partial charge is 0.465 e. The molecule has 1 rings (SSSR count). The van der Waals surface area contributed by atoms with E-state index in [1.54, 1.807) is 0 Å². The van der Waals surface area contributed by atoms with Crippen LogP contribution in [-0.2, 0) is 14.3 Å². The second-order valence-electron chi connectivity index (χ2n) is 2.06. The zero-order valence-electron chi connectivity index (χ0n) is 5.21. The van der Waals surface area contributed by atoms with E-state index in [0.717, 1.165) is 19.4 Å². The van der Waals surface area contributed by atoms with Crippen molar-refractivity contribution in [3.8, 4) is 0 Å². The van der Waals surface area contributed by atoms with E-state index < -0.39 is 0 Å². The van der Waals surface area contributed by atoms with Gasteiger partial charge in [0.05, 0.1) is 6.10 Å². The molecule has 1 aliphatic rings. The average Bonchev–Trinajstić information content (AvgIpc) is 2.34. The number of rotatable bonds is 3. The molecule has 1 atom stereocenters. The van der Waals surface area contributed by atoms with Gasteiger partial charge in [-0.2, -0.15) is 0 Å². The van der Waals surface area contributed by atoms with E-state index in [4.69, 9.17) is 4.74 Å². The van der Waals surface area contributed by atoms with Crippen molar-refractivity contribution in [2.45, 2.75) is 18.9 Å². The van der Waals surface area contributed by atoms with Gasteiger partial charge in [-0.05, 0) is 12.8 Å². The lowest BCUT2D eigenvalue weighted by Gasteiger charge is -2.05. The molecule has 1 fully saturated rings. The number of carbonyl (C=O) groups excluding carboxylic acids is 1. The number of carbonyl (C=O) groups is 1. The molecule has 52 valence electrons. The van der Waals surface area contributed by atoms with E-state index in [0.29, 0.717) is 13.1 Å². The molecule has 1 aliphatic heterocycles. The third-order valence-electron chi connectivity index (χ3n) is 1.37. The van der Waals surface area contributed by atoms with Gasteiger partial charge in [-0.15, -0.1) is 0 Å². The first kappa shape index (κ1) is 6.55. The van der Waals surface area contributed by atoms with Crippen molar-refractivity contribution in [3.63, 3.8) is 0 Å². The van der Waals surface area contributed by atoms with Gasteiger partial charge in [0.1, 0.15) is 6.61 Å². The van der Waals surface area contributed by atoms with Crippen molar-refractivity contribution < 1.29 is 14.3 Å². The monoisotopic (exact) mass is 130 g/mol. The molecule has 0 radical (unpaired) electrons. The average molecular weight is 130 g/mol. The molecule has 0 bridgehead atoms. The van der Waals surface area contributed by atoms with Crippen LogP contribution in [0.5, 0.6) is 0 Å². The highest BCUT2D eigenvalue weighted by Gasteiger charge is 2.14. The van der Waals surface area contributed by atoms with Gasteiger partial charge >= 0.3 is 0 Å². The normalized spacial score (nSPS) is 26.0. The summed E-state index contributed by atoms with van der Waals surface area (Å²) in [6.45, 7) is 1.69. The molecule has 3 nitrogen and oxygen atoms in total. The van der Waals surface area contributed by atoms with Crippen LogP contribution in [0.3, 0.4) is 0 Å². The van der Waals surface area contributed by atoms with Crippen LogP contribution in [0.1, 0.15) is 12.8 Å². The molecule has 0 aromatic carbocycles. The quantitative estimate of drug-likeness (QED) is 0.517. The Balaban J connectivity index is 2.04. The van der Waals surface area contributed by atoms with Crippen molar-refractivity contribution in [2.75, 3.05) is 13.2 Å². The first-order valence-corrected chi connectivity index (χ1v) is 3.10. The summed E-state index contributed by atoms with van der Waals surface area (Å²) in [5.41, 5.74) is 0. The van der Waals surface area contributed by atoms with Crippen molar-refractivity contribution in [3.05, 3.63) is 0 Å². The molecular formula is C6H10O3. The van der Waals surface area contributed by atoms with Crippen LogP contribution in [0.15, 0.2) is 0 Å². The van der Waals surface area contributed by atoms with Crippen molar-refractivity contribution in [2.24, 2.45) is 0 Å². The maximum atomic E-state index is 9.68. The summed E-state index contributed by atoms with van der Waals surface area (Å²) < 4.78 is 9.68. The van der Waals surface area contributed by atoms with Gasteiger partial charge in [-0.3, -0.25) is 4.79 Å². The number of ether oxygens (including phenoxy) is 2. The van der Waals surface area contributed by atoms with Gasteiger partial charge in [0.15, 0.2) is 0 Å². The molecule has 0 aromatic rings. The van der Waals surface area contributed by atoms with E-state index in [-0.39, 0.29) is 6.10 Å². The minimum Gasteiger partial charge on any atom is -0.465 e. The van der Waals surface area contributed by atoms with Gasteiger partial charge in [-0.25, -0.2) is 0 Å². The Bertz CT molecular complexity index is 86.3. The molecule has 0 N–H and O–H groups in total. The summed E-state index contributed by atoms with van der Waals surface area (Å²) in [5, 5.41) is 0. The summed E-state index contributed by atoms with van der Waals surface area (Å²) >= 11 is 0. The second-order valence-corrected chi connectivity index (χ2v) is 2.06. The van der Waals surface area contributed by atoms with Crippen LogP contribution in [0.25, 0.3) is 0 Å². The van der Waals surface area contributed by atoms with Gasteiger partial charge in [0.25, 0.3) is 6.47 Å². The Kier molecular flexibility index (Phi) is 2.51. The SMILES string of the molecule is O=COC[C@@H]1CCCO1. The molecule has 0 aliphatic carbocycles. The Hall–Kier alpha value is -0.570. The van der Waals surface area contributed by atoms with Crippen LogP contribution < -0.4 is 0 Å². The van der Waals surface area contributed by atoms with E-state index >= 15 is 0 Å². The van der Waals surface area contributed by atoms with Gasteiger partial charge < -0.3 is 9.47 Å².